The van der Waals surface area contributed by atoms with Crippen LogP contribution in [0.3, 0.4) is 0 Å². The zero-order valence-corrected chi connectivity index (χ0v) is 13.0. The van der Waals surface area contributed by atoms with E-state index in [1.807, 2.05) is 26.1 Å². The maximum Gasteiger partial charge on any atom is 0.227 e. The molecule has 0 radical (unpaired) electrons. The molecule has 0 spiro atoms. The largest absolute Gasteiger partial charge is 0.370 e. The van der Waals surface area contributed by atoms with Crippen LogP contribution in [0.5, 0.6) is 0 Å². The summed E-state index contributed by atoms with van der Waals surface area (Å²) in [5.41, 5.74) is 1.89. The highest BCUT2D eigenvalue weighted by Gasteiger charge is 2.40. The first-order valence-electron chi connectivity index (χ1n) is 6.91. The molecule has 2 N–H and O–H groups in total. The fraction of sp³-hybridized carbons (Fsp3) is 0.533. The molecule has 0 aliphatic carbocycles. The van der Waals surface area contributed by atoms with Gasteiger partial charge in [0.1, 0.15) is 0 Å². The minimum Gasteiger partial charge on any atom is -0.370 e. The third kappa shape index (κ3) is 2.76. The van der Waals surface area contributed by atoms with Gasteiger partial charge in [-0.05, 0) is 32.5 Å². The molecule has 1 aromatic rings. The van der Waals surface area contributed by atoms with Crippen LogP contribution in [0.4, 0.5) is 5.69 Å². The highest BCUT2D eigenvalue weighted by molar-refractivity contribution is 6.31. The molecule has 0 aromatic heterocycles. The molecule has 1 saturated heterocycles. The lowest BCUT2D eigenvalue weighted by molar-refractivity contribution is -0.128. The number of benzene rings is 1. The van der Waals surface area contributed by atoms with E-state index in [-0.39, 0.29) is 11.3 Å². The molecule has 110 valence electrons. The van der Waals surface area contributed by atoms with Crippen LogP contribution in [-0.2, 0) is 11.3 Å². The van der Waals surface area contributed by atoms with Crippen LogP contribution in [0.1, 0.15) is 18.9 Å². The second kappa shape index (κ2) is 6.02. The summed E-state index contributed by atoms with van der Waals surface area (Å²) in [7, 11) is 3.60. The molecule has 0 bridgehead atoms. The molecular formula is C15H22ClN3O. The molecule has 1 fully saturated rings. The van der Waals surface area contributed by atoms with Crippen LogP contribution in [0.25, 0.3) is 0 Å². The summed E-state index contributed by atoms with van der Waals surface area (Å²) in [4.78, 5) is 14.3. The molecular weight excluding hydrogens is 274 g/mol. The fourth-order valence-corrected chi connectivity index (χ4v) is 3.09. The average Bonchev–Trinajstić information content (AvgIpc) is 2.84. The lowest BCUT2D eigenvalue weighted by Crippen LogP contribution is -2.39. The van der Waals surface area contributed by atoms with Crippen molar-refractivity contribution >= 4 is 23.2 Å². The summed E-state index contributed by atoms with van der Waals surface area (Å²) >= 11 is 6.30. The van der Waals surface area contributed by atoms with Crippen molar-refractivity contribution in [2.75, 3.05) is 32.1 Å². The Balaban J connectivity index is 2.26. The van der Waals surface area contributed by atoms with Crippen LogP contribution < -0.4 is 15.5 Å². The van der Waals surface area contributed by atoms with E-state index in [2.05, 4.69) is 21.6 Å². The van der Waals surface area contributed by atoms with Gasteiger partial charge in [-0.25, -0.2) is 0 Å². The van der Waals surface area contributed by atoms with Crippen LogP contribution in [0.2, 0.25) is 5.02 Å². The number of hydrogen-bond acceptors (Lipinski definition) is 3. The third-order valence-corrected chi connectivity index (χ3v) is 4.39. The Morgan fingerprint density at radius 2 is 2.20 bits per heavy atom. The van der Waals surface area contributed by atoms with Gasteiger partial charge in [-0.3, -0.25) is 4.79 Å². The molecule has 1 aromatic carbocycles. The minimum absolute atomic E-state index is 0.109. The highest BCUT2D eigenvalue weighted by atomic mass is 35.5. The summed E-state index contributed by atoms with van der Waals surface area (Å²) in [6.07, 6.45) is 0.859. The summed E-state index contributed by atoms with van der Waals surface area (Å²) in [5, 5.41) is 6.69. The Labute approximate surface area is 125 Å². The van der Waals surface area contributed by atoms with E-state index in [1.54, 1.807) is 7.05 Å². The number of rotatable bonds is 4. The van der Waals surface area contributed by atoms with Gasteiger partial charge in [0, 0.05) is 43.0 Å². The van der Waals surface area contributed by atoms with Gasteiger partial charge in [0.2, 0.25) is 5.91 Å². The second-order valence-electron chi connectivity index (χ2n) is 5.58. The number of carbonyl (C=O) groups is 1. The van der Waals surface area contributed by atoms with Gasteiger partial charge in [-0.15, -0.1) is 0 Å². The van der Waals surface area contributed by atoms with Gasteiger partial charge in [-0.2, -0.15) is 0 Å². The summed E-state index contributed by atoms with van der Waals surface area (Å²) in [6, 6.07) is 5.95. The predicted molar refractivity (Wildman–Crippen MR) is 83.2 cm³/mol. The van der Waals surface area contributed by atoms with Crippen molar-refractivity contribution in [2.24, 2.45) is 5.41 Å². The van der Waals surface area contributed by atoms with Gasteiger partial charge in [0.15, 0.2) is 0 Å². The van der Waals surface area contributed by atoms with E-state index in [0.717, 1.165) is 42.3 Å². The van der Waals surface area contributed by atoms with Crippen molar-refractivity contribution in [3.8, 4) is 0 Å². The van der Waals surface area contributed by atoms with Gasteiger partial charge in [0.25, 0.3) is 0 Å². The van der Waals surface area contributed by atoms with Crippen LogP contribution in [0.15, 0.2) is 18.2 Å². The summed E-state index contributed by atoms with van der Waals surface area (Å²) in [6.45, 7) is 4.35. The summed E-state index contributed by atoms with van der Waals surface area (Å²) in [5.74, 6) is 0.109. The summed E-state index contributed by atoms with van der Waals surface area (Å²) < 4.78 is 0. The zero-order valence-electron chi connectivity index (χ0n) is 12.3. The third-order valence-electron chi connectivity index (χ3n) is 4.04. The Kier molecular flexibility index (Phi) is 4.55. The molecule has 1 aliphatic rings. The second-order valence-corrected chi connectivity index (χ2v) is 5.99. The van der Waals surface area contributed by atoms with Gasteiger partial charge < -0.3 is 15.5 Å². The Hall–Kier alpha value is -1.26. The average molecular weight is 296 g/mol. The molecule has 1 heterocycles. The quantitative estimate of drug-likeness (QED) is 0.893. The van der Waals surface area contributed by atoms with E-state index in [4.69, 9.17) is 11.6 Å². The number of carbonyl (C=O) groups excluding carboxylic acids is 1. The molecule has 1 unspecified atom stereocenters. The number of anilines is 1. The number of halogens is 1. The van der Waals surface area contributed by atoms with E-state index in [1.165, 1.54) is 0 Å². The first-order chi connectivity index (χ1) is 9.51. The Bertz CT molecular complexity index is 506. The molecule has 2 rings (SSSR count). The van der Waals surface area contributed by atoms with Crippen molar-refractivity contribution < 1.29 is 4.79 Å². The maximum atomic E-state index is 12.0. The van der Waals surface area contributed by atoms with Gasteiger partial charge >= 0.3 is 0 Å². The molecule has 1 amide bonds. The van der Waals surface area contributed by atoms with E-state index in [9.17, 15) is 4.79 Å². The smallest absolute Gasteiger partial charge is 0.227 e. The zero-order chi connectivity index (χ0) is 14.8. The molecule has 4 nitrogen and oxygen atoms in total. The number of nitrogens with one attached hydrogen (secondary N) is 2. The van der Waals surface area contributed by atoms with Crippen LogP contribution in [0, 0.1) is 5.41 Å². The van der Waals surface area contributed by atoms with Crippen molar-refractivity contribution in [1.82, 2.24) is 10.6 Å². The van der Waals surface area contributed by atoms with Crippen molar-refractivity contribution in [3.63, 3.8) is 0 Å². The van der Waals surface area contributed by atoms with Crippen molar-refractivity contribution in [3.05, 3.63) is 28.8 Å². The SMILES string of the molecule is CNCc1c(Cl)cccc1N1CCC(C)(C(=O)NC)C1. The number of nitrogens with zero attached hydrogens (tertiary/aromatic N) is 1. The van der Waals surface area contributed by atoms with Crippen molar-refractivity contribution in [1.29, 1.82) is 0 Å². The molecule has 1 aliphatic heterocycles. The Morgan fingerprint density at radius 3 is 2.85 bits per heavy atom. The van der Waals surface area contributed by atoms with Gasteiger partial charge in [-0.1, -0.05) is 17.7 Å². The lowest BCUT2D eigenvalue weighted by atomic mass is 9.89. The fourth-order valence-electron chi connectivity index (χ4n) is 2.85. The van der Waals surface area contributed by atoms with Gasteiger partial charge in [0.05, 0.1) is 5.41 Å². The normalized spacial score (nSPS) is 22.1. The monoisotopic (exact) mass is 295 g/mol. The molecule has 20 heavy (non-hydrogen) atoms. The van der Waals surface area contributed by atoms with E-state index < -0.39 is 0 Å². The van der Waals surface area contributed by atoms with E-state index >= 15 is 0 Å². The Morgan fingerprint density at radius 1 is 1.45 bits per heavy atom. The number of amides is 1. The maximum absolute atomic E-state index is 12.0. The predicted octanol–water partition coefficient (Wildman–Crippen LogP) is 2.02. The van der Waals surface area contributed by atoms with Crippen molar-refractivity contribution in [2.45, 2.75) is 19.9 Å². The molecule has 1 atom stereocenters. The lowest BCUT2D eigenvalue weighted by Gasteiger charge is -2.26. The first kappa shape index (κ1) is 15.1. The van der Waals surface area contributed by atoms with E-state index in [0.29, 0.717) is 0 Å². The minimum atomic E-state index is -0.325. The first-order valence-corrected chi connectivity index (χ1v) is 7.29. The van der Waals surface area contributed by atoms with Crippen LogP contribution >= 0.6 is 11.6 Å². The molecule has 0 saturated carbocycles. The highest BCUT2D eigenvalue weighted by Crippen LogP contribution is 2.36. The topological polar surface area (TPSA) is 44.4 Å². The standard InChI is InChI=1S/C15H22ClN3O/c1-15(14(20)18-3)7-8-19(10-15)13-6-4-5-12(16)11(13)9-17-2/h4-6,17H,7-10H2,1-3H3,(H,18,20). The van der Waals surface area contributed by atoms with Crippen LogP contribution in [-0.4, -0.2) is 33.1 Å². The number of hydrogen-bond donors (Lipinski definition) is 2. The molecule has 5 heteroatoms.